The van der Waals surface area contributed by atoms with E-state index in [0.29, 0.717) is 5.82 Å². The summed E-state index contributed by atoms with van der Waals surface area (Å²) in [6.07, 6.45) is 0. The highest BCUT2D eigenvalue weighted by Gasteiger charge is 2.46. The Kier molecular flexibility index (Phi) is 7.76. The Balaban J connectivity index is 1.06. The number of hydrogen-bond donors (Lipinski definition) is 0. The number of nitrogens with zero attached hydrogens (tertiary/aromatic N) is 2. The number of benzene rings is 9. The van der Waals surface area contributed by atoms with Crippen molar-refractivity contribution in [2.45, 2.75) is 5.41 Å². The summed E-state index contributed by atoms with van der Waals surface area (Å²) >= 11 is 0. The Labute approximate surface area is 347 Å². The molecule has 1 aliphatic carbocycles. The predicted molar refractivity (Wildman–Crippen MR) is 246 cm³/mol. The normalized spacial score (nSPS) is 12.8. The Hall–Kier alpha value is -7.88. The van der Waals surface area contributed by atoms with Crippen molar-refractivity contribution in [2.24, 2.45) is 0 Å². The smallest absolute Gasteiger partial charge is 0.161 e. The van der Waals surface area contributed by atoms with Crippen LogP contribution in [0.4, 0.5) is 0 Å². The van der Waals surface area contributed by atoms with Crippen LogP contribution in [0.5, 0.6) is 0 Å². The van der Waals surface area contributed by atoms with Gasteiger partial charge in [-0.2, -0.15) is 0 Å². The molecule has 0 saturated carbocycles. The van der Waals surface area contributed by atoms with E-state index in [1.807, 2.05) is 18.2 Å². The second-order valence-electron chi connectivity index (χ2n) is 15.6. The van der Waals surface area contributed by atoms with Crippen LogP contribution in [0.2, 0.25) is 0 Å². The topological polar surface area (TPSA) is 38.9 Å². The molecule has 280 valence electrons. The highest BCUT2D eigenvalue weighted by atomic mass is 16.3. The molecule has 0 radical (unpaired) electrons. The molecular weight excluding hydrogens is 729 g/mol. The lowest BCUT2D eigenvalue weighted by molar-refractivity contribution is 0.670. The van der Waals surface area contributed by atoms with Crippen molar-refractivity contribution in [3.8, 4) is 56.2 Å². The van der Waals surface area contributed by atoms with Crippen molar-refractivity contribution in [3.63, 3.8) is 0 Å². The first-order chi connectivity index (χ1) is 29.8. The zero-order valence-corrected chi connectivity index (χ0v) is 32.6. The molecule has 0 spiro atoms. The van der Waals surface area contributed by atoms with Crippen LogP contribution in [0.15, 0.2) is 223 Å². The molecule has 12 rings (SSSR count). The van der Waals surface area contributed by atoms with Gasteiger partial charge >= 0.3 is 0 Å². The molecule has 3 nitrogen and oxygen atoms in total. The number of para-hydroxylation sites is 2. The molecule has 3 heteroatoms. The molecule has 2 heterocycles. The lowest BCUT2D eigenvalue weighted by Gasteiger charge is -2.34. The minimum absolute atomic E-state index is 0.481. The van der Waals surface area contributed by atoms with E-state index in [2.05, 4.69) is 200 Å². The number of fused-ring (bicyclic) bond motifs is 7. The zero-order chi connectivity index (χ0) is 39.6. The summed E-state index contributed by atoms with van der Waals surface area (Å²) in [4.78, 5) is 10.6. The van der Waals surface area contributed by atoms with Crippen LogP contribution in [0.3, 0.4) is 0 Å². The first-order valence-electron chi connectivity index (χ1n) is 20.5. The fourth-order valence-corrected chi connectivity index (χ4v) is 9.77. The lowest BCUT2D eigenvalue weighted by Crippen LogP contribution is -2.28. The average molecular weight is 765 g/mol. The van der Waals surface area contributed by atoms with Gasteiger partial charge in [0.25, 0.3) is 0 Å². The third-order valence-corrected chi connectivity index (χ3v) is 12.4. The molecule has 2 aromatic heterocycles. The second-order valence-corrected chi connectivity index (χ2v) is 15.6. The first-order valence-corrected chi connectivity index (χ1v) is 20.5. The van der Waals surface area contributed by atoms with Crippen molar-refractivity contribution in [3.05, 3.63) is 241 Å². The maximum atomic E-state index is 6.53. The predicted octanol–water partition coefficient (Wildman–Crippen LogP) is 14.6. The van der Waals surface area contributed by atoms with Crippen LogP contribution in [0.25, 0.3) is 88.9 Å². The molecule has 0 bridgehead atoms. The first kappa shape index (κ1) is 34.2. The van der Waals surface area contributed by atoms with Gasteiger partial charge in [-0.05, 0) is 85.6 Å². The third-order valence-electron chi connectivity index (χ3n) is 12.4. The van der Waals surface area contributed by atoms with Crippen LogP contribution in [0.1, 0.15) is 22.3 Å². The van der Waals surface area contributed by atoms with Crippen LogP contribution in [-0.4, -0.2) is 9.97 Å². The monoisotopic (exact) mass is 764 g/mol. The molecule has 11 aromatic rings. The molecule has 0 amide bonds. The zero-order valence-electron chi connectivity index (χ0n) is 32.6. The van der Waals surface area contributed by atoms with Gasteiger partial charge < -0.3 is 4.42 Å². The summed E-state index contributed by atoms with van der Waals surface area (Å²) in [5.41, 5.74) is 15.8. The highest BCUT2D eigenvalue weighted by Crippen LogP contribution is 2.57. The molecular formula is C57H36N2O. The van der Waals surface area contributed by atoms with Crippen molar-refractivity contribution in [1.82, 2.24) is 9.97 Å². The Morgan fingerprint density at radius 1 is 0.333 bits per heavy atom. The van der Waals surface area contributed by atoms with Gasteiger partial charge in [-0.3, -0.25) is 0 Å². The van der Waals surface area contributed by atoms with Gasteiger partial charge in [0.2, 0.25) is 0 Å². The largest absolute Gasteiger partial charge is 0.455 e. The van der Waals surface area contributed by atoms with E-state index in [0.717, 1.165) is 71.9 Å². The molecule has 0 aliphatic heterocycles. The van der Waals surface area contributed by atoms with Crippen LogP contribution in [0, 0.1) is 0 Å². The van der Waals surface area contributed by atoms with Gasteiger partial charge in [0.05, 0.1) is 16.8 Å². The van der Waals surface area contributed by atoms with E-state index in [1.54, 1.807) is 0 Å². The summed E-state index contributed by atoms with van der Waals surface area (Å²) in [6.45, 7) is 0. The maximum Gasteiger partial charge on any atom is 0.161 e. The van der Waals surface area contributed by atoms with Crippen LogP contribution in [-0.2, 0) is 5.41 Å². The van der Waals surface area contributed by atoms with Crippen molar-refractivity contribution in [1.29, 1.82) is 0 Å². The van der Waals surface area contributed by atoms with Crippen molar-refractivity contribution in [2.75, 3.05) is 0 Å². The minimum atomic E-state index is -0.481. The lowest BCUT2D eigenvalue weighted by atomic mass is 9.67. The fraction of sp³-hybridized carbons (Fsp3) is 0.0175. The van der Waals surface area contributed by atoms with Gasteiger partial charge in [0.15, 0.2) is 5.82 Å². The third kappa shape index (κ3) is 5.16. The van der Waals surface area contributed by atoms with E-state index in [9.17, 15) is 0 Å². The summed E-state index contributed by atoms with van der Waals surface area (Å²) < 4.78 is 6.53. The van der Waals surface area contributed by atoms with E-state index >= 15 is 0 Å². The van der Waals surface area contributed by atoms with E-state index < -0.39 is 5.41 Å². The average Bonchev–Trinajstić information content (AvgIpc) is 3.86. The Morgan fingerprint density at radius 2 is 0.883 bits per heavy atom. The van der Waals surface area contributed by atoms with Gasteiger partial charge in [0, 0.05) is 27.5 Å². The molecule has 1 aliphatic rings. The van der Waals surface area contributed by atoms with Crippen LogP contribution >= 0.6 is 0 Å². The number of rotatable bonds is 6. The number of aromatic nitrogens is 2. The van der Waals surface area contributed by atoms with Gasteiger partial charge in [0.1, 0.15) is 11.2 Å². The summed E-state index contributed by atoms with van der Waals surface area (Å²) in [5, 5.41) is 4.40. The standard InChI is InChI=1S/C57H36N2O/c1-4-17-37(18-5-1)52-36-53(49-28-16-27-47-46-26-13-15-30-54(46)60-55(47)49)59-56(58-52)48-34-33-41(42-23-10-11-24-43(42)48)38-31-32-45-44-25-12-14-29-50(44)57(51(45)35-38,39-19-6-2-7-20-39)40-21-8-3-9-22-40/h1-36H. The summed E-state index contributed by atoms with van der Waals surface area (Å²) in [5.74, 6) is 0.666. The molecule has 0 atom stereocenters. The molecule has 0 unspecified atom stereocenters. The van der Waals surface area contributed by atoms with Crippen molar-refractivity contribution >= 4 is 32.7 Å². The molecule has 0 fully saturated rings. The van der Waals surface area contributed by atoms with E-state index in [1.165, 1.54) is 33.4 Å². The quantitative estimate of drug-likeness (QED) is 0.169. The van der Waals surface area contributed by atoms with Gasteiger partial charge in [-0.15, -0.1) is 0 Å². The molecule has 0 N–H and O–H groups in total. The minimum Gasteiger partial charge on any atom is -0.455 e. The fourth-order valence-electron chi connectivity index (χ4n) is 9.77. The van der Waals surface area contributed by atoms with Crippen LogP contribution < -0.4 is 0 Å². The Morgan fingerprint density at radius 3 is 1.65 bits per heavy atom. The summed E-state index contributed by atoms with van der Waals surface area (Å²) in [6, 6.07) is 78.1. The highest BCUT2D eigenvalue weighted by molar-refractivity contribution is 6.10. The van der Waals surface area contributed by atoms with E-state index in [4.69, 9.17) is 14.4 Å². The van der Waals surface area contributed by atoms with Gasteiger partial charge in [-0.1, -0.05) is 188 Å². The Bertz CT molecular complexity index is 3380. The van der Waals surface area contributed by atoms with E-state index in [-0.39, 0.29) is 0 Å². The number of furan rings is 1. The summed E-state index contributed by atoms with van der Waals surface area (Å²) in [7, 11) is 0. The number of hydrogen-bond acceptors (Lipinski definition) is 3. The molecule has 0 saturated heterocycles. The second kappa shape index (κ2) is 13.6. The van der Waals surface area contributed by atoms with Crippen molar-refractivity contribution < 1.29 is 4.42 Å². The SMILES string of the molecule is c1ccc(-c2cc(-c3cccc4c3oc3ccccc34)nc(-c3ccc(-c4ccc5c(c4)C(c4ccccc4)(c4ccccc4)c4ccccc4-5)c4ccccc34)n2)cc1. The molecule has 60 heavy (non-hydrogen) atoms. The van der Waals surface area contributed by atoms with Gasteiger partial charge in [-0.25, -0.2) is 9.97 Å². The maximum absolute atomic E-state index is 6.53. The molecule has 9 aromatic carbocycles.